The molecular formula is C12H17N3. The first-order chi connectivity index (χ1) is 7.16. The number of nitrogens with two attached hydrogens (primary N) is 2. The Kier molecular flexibility index (Phi) is 2.73. The number of nitrogen functional groups attached to an aromatic ring is 1. The average molecular weight is 203 g/mol. The Morgan fingerprint density at radius 3 is 3.00 bits per heavy atom. The Labute approximate surface area is 90.2 Å². The molecule has 0 aromatic carbocycles. The van der Waals surface area contributed by atoms with E-state index in [9.17, 15) is 0 Å². The lowest BCUT2D eigenvalue weighted by atomic mass is 9.91. The molecule has 1 aromatic heterocycles. The molecule has 3 nitrogen and oxygen atoms in total. The van der Waals surface area contributed by atoms with Crippen LogP contribution < -0.4 is 11.5 Å². The molecule has 0 spiro atoms. The summed E-state index contributed by atoms with van der Waals surface area (Å²) < 4.78 is 0. The molecule has 1 aliphatic rings. The molecule has 0 saturated heterocycles. The molecule has 0 fully saturated rings. The number of hydrogen-bond acceptors (Lipinski definition) is 3. The molecule has 0 saturated carbocycles. The minimum Gasteiger partial charge on any atom is -0.383 e. The summed E-state index contributed by atoms with van der Waals surface area (Å²) in [5, 5.41) is 0. The minimum atomic E-state index is 0.175. The average Bonchev–Trinajstić information content (AvgIpc) is 2.22. The highest BCUT2D eigenvalue weighted by Crippen LogP contribution is 2.29. The third kappa shape index (κ3) is 2.18. The SMILES string of the molecule is Cc1cnc(N)c(C2=CC(N)CCC2)c1. The summed E-state index contributed by atoms with van der Waals surface area (Å²) in [5.41, 5.74) is 15.2. The van der Waals surface area contributed by atoms with Gasteiger partial charge in [-0.3, -0.25) is 0 Å². The first-order valence-corrected chi connectivity index (χ1v) is 5.35. The maximum atomic E-state index is 5.91. The van der Waals surface area contributed by atoms with Gasteiger partial charge in [0.2, 0.25) is 0 Å². The van der Waals surface area contributed by atoms with Crippen LogP contribution in [0.5, 0.6) is 0 Å². The monoisotopic (exact) mass is 203 g/mol. The topological polar surface area (TPSA) is 64.9 Å². The van der Waals surface area contributed by atoms with Crippen LogP contribution >= 0.6 is 0 Å². The fourth-order valence-corrected chi connectivity index (χ4v) is 2.01. The maximum absolute atomic E-state index is 5.91. The fourth-order valence-electron chi connectivity index (χ4n) is 2.01. The zero-order chi connectivity index (χ0) is 10.8. The molecule has 1 atom stereocenters. The first kappa shape index (κ1) is 10.2. The number of rotatable bonds is 1. The first-order valence-electron chi connectivity index (χ1n) is 5.35. The third-order valence-electron chi connectivity index (χ3n) is 2.80. The lowest BCUT2D eigenvalue weighted by Gasteiger charge is -2.19. The van der Waals surface area contributed by atoms with E-state index in [0.29, 0.717) is 5.82 Å². The molecule has 1 unspecified atom stereocenters. The number of aromatic nitrogens is 1. The van der Waals surface area contributed by atoms with Crippen molar-refractivity contribution in [3.63, 3.8) is 0 Å². The molecule has 0 amide bonds. The minimum absolute atomic E-state index is 0.175. The number of anilines is 1. The molecular weight excluding hydrogens is 186 g/mol. The second-order valence-corrected chi connectivity index (χ2v) is 4.19. The van der Waals surface area contributed by atoms with E-state index in [0.717, 1.165) is 30.4 Å². The van der Waals surface area contributed by atoms with E-state index < -0.39 is 0 Å². The molecule has 3 heteroatoms. The van der Waals surface area contributed by atoms with Crippen molar-refractivity contribution in [1.29, 1.82) is 0 Å². The summed E-state index contributed by atoms with van der Waals surface area (Å²) in [6.07, 6.45) is 7.19. The van der Waals surface area contributed by atoms with Crippen LogP contribution in [0.15, 0.2) is 18.3 Å². The number of hydrogen-bond donors (Lipinski definition) is 2. The Morgan fingerprint density at radius 1 is 1.47 bits per heavy atom. The van der Waals surface area contributed by atoms with Gasteiger partial charge in [-0.1, -0.05) is 6.08 Å². The Hall–Kier alpha value is -1.35. The van der Waals surface area contributed by atoms with Crippen LogP contribution in [0.4, 0.5) is 5.82 Å². The lowest BCUT2D eigenvalue weighted by Crippen LogP contribution is -2.20. The molecule has 15 heavy (non-hydrogen) atoms. The van der Waals surface area contributed by atoms with Crippen molar-refractivity contribution >= 4 is 11.4 Å². The van der Waals surface area contributed by atoms with Crippen molar-refractivity contribution in [2.24, 2.45) is 5.73 Å². The van der Waals surface area contributed by atoms with Crippen LogP contribution in [0.1, 0.15) is 30.4 Å². The molecule has 0 radical (unpaired) electrons. The van der Waals surface area contributed by atoms with Crippen molar-refractivity contribution in [3.05, 3.63) is 29.5 Å². The van der Waals surface area contributed by atoms with Crippen molar-refractivity contribution in [2.75, 3.05) is 5.73 Å². The van der Waals surface area contributed by atoms with E-state index in [1.165, 1.54) is 5.57 Å². The number of pyridine rings is 1. The molecule has 80 valence electrons. The normalized spacial score (nSPS) is 21.2. The van der Waals surface area contributed by atoms with Gasteiger partial charge < -0.3 is 11.5 Å². The molecule has 1 aromatic rings. The van der Waals surface area contributed by atoms with Crippen molar-refractivity contribution in [1.82, 2.24) is 4.98 Å². The van der Waals surface area contributed by atoms with Crippen LogP contribution in [0.3, 0.4) is 0 Å². The highest BCUT2D eigenvalue weighted by atomic mass is 14.8. The van der Waals surface area contributed by atoms with Gasteiger partial charge in [-0.15, -0.1) is 0 Å². The third-order valence-corrected chi connectivity index (χ3v) is 2.80. The summed E-state index contributed by atoms with van der Waals surface area (Å²) >= 11 is 0. The Balaban J connectivity index is 2.40. The predicted molar refractivity (Wildman–Crippen MR) is 63.2 cm³/mol. The maximum Gasteiger partial charge on any atom is 0.130 e. The van der Waals surface area contributed by atoms with Gasteiger partial charge in [0.25, 0.3) is 0 Å². The van der Waals surface area contributed by atoms with E-state index in [4.69, 9.17) is 11.5 Å². The van der Waals surface area contributed by atoms with Crippen molar-refractivity contribution in [2.45, 2.75) is 32.2 Å². The Morgan fingerprint density at radius 2 is 2.27 bits per heavy atom. The number of allylic oxidation sites excluding steroid dienone is 1. The van der Waals surface area contributed by atoms with Gasteiger partial charge in [-0.25, -0.2) is 4.98 Å². The van der Waals surface area contributed by atoms with Gasteiger partial charge in [-0.2, -0.15) is 0 Å². The highest BCUT2D eigenvalue weighted by Gasteiger charge is 2.13. The highest BCUT2D eigenvalue weighted by molar-refractivity contribution is 5.74. The molecule has 1 heterocycles. The van der Waals surface area contributed by atoms with E-state index in [1.807, 2.05) is 6.92 Å². The molecule has 2 rings (SSSR count). The summed E-state index contributed by atoms with van der Waals surface area (Å²) in [6, 6.07) is 2.26. The summed E-state index contributed by atoms with van der Waals surface area (Å²) in [5.74, 6) is 0.612. The van der Waals surface area contributed by atoms with Gasteiger partial charge in [-0.05, 0) is 43.4 Å². The van der Waals surface area contributed by atoms with Gasteiger partial charge in [0.05, 0.1) is 0 Å². The zero-order valence-corrected chi connectivity index (χ0v) is 9.03. The Bertz CT molecular complexity index is 396. The van der Waals surface area contributed by atoms with E-state index >= 15 is 0 Å². The largest absolute Gasteiger partial charge is 0.383 e. The van der Waals surface area contributed by atoms with Gasteiger partial charge in [0.1, 0.15) is 5.82 Å². The standard InChI is InChI=1S/C12H17N3/c1-8-5-11(12(14)15-7-8)9-3-2-4-10(13)6-9/h5-7,10H,2-4,13H2,1H3,(H2,14,15). The van der Waals surface area contributed by atoms with Crippen LogP contribution in [-0.2, 0) is 0 Å². The molecule has 0 bridgehead atoms. The second kappa shape index (κ2) is 4.03. The van der Waals surface area contributed by atoms with Gasteiger partial charge in [0.15, 0.2) is 0 Å². The molecule has 0 aliphatic heterocycles. The van der Waals surface area contributed by atoms with Crippen LogP contribution in [-0.4, -0.2) is 11.0 Å². The molecule has 4 N–H and O–H groups in total. The van der Waals surface area contributed by atoms with E-state index in [2.05, 4.69) is 17.1 Å². The van der Waals surface area contributed by atoms with Crippen LogP contribution in [0.2, 0.25) is 0 Å². The lowest BCUT2D eigenvalue weighted by molar-refractivity contribution is 0.654. The van der Waals surface area contributed by atoms with Crippen LogP contribution in [0, 0.1) is 6.92 Å². The summed E-state index contributed by atoms with van der Waals surface area (Å²) in [4.78, 5) is 4.18. The van der Waals surface area contributed by atoms with Gasteiger partial charge in [0, 0.05) is 17.8 Å². The summed E-state index contributed by atoms with van der Waals surface area (Å²) in [6.45, 7) is 2.03. The van der Waals surface area contributed by atoms with Crippen molar-refractivity contribution < 1.29 is 0 Å². The zero-order valence-electron chi connectivity index (χ0n) is 9.03. The van der Waals surface area contributed by atoms with Crippen LogP contribution in [0.25, 0.3) is 5.57 Å². The number of nitrogens with zero attached hydrogens (tertiary/aromatic N) is 1. The second-order valence-electron chi connectivity index (χ2n) is 4.19. The smallest absolute Gasteiger partial charge is 0.130 e. The fraction of sp³-hybridized carbons (Fsp3) is 0.417. The predicted octanol–water partition coefficient (Wildman–Crippen LogP) is 1.87. The summed E-state index contributed by atoms with van der Waals surface area (Å²) in [7, 11) is 0. The van der Waals surface area contributed by atoms with Crippen molar-refractivity contribution in [3.8, 4) is 0 Å². The quantitative estimate of drug-likeness (QED) is 0.732. The number of aryl methyl sites for hydroxylation is 1. The molecule has 1 aliphatic carbocycles. The van der Waals surface area contributed by atoms with E-state index in [-0.39, 0.29) is 6.04 Å². The van der Waals surface area contributed by atoms with E-state index in [1.54, 1.807) is 6.20 Å². The van der Waals surface area contributed by atoms with Gasteiger partial charge >= 0.3 is 0 Å².